The largest absolute Gasteiger partial charge is 0.373 e. The molecule has 0 spiro atoms. The van der Waals surface area contributed by atoms with Crippen LogP contribution >= 0.6 is 11.3 Å². The van der Waals surface area contributed by atoms with E-state index in [4.69, 9.17) is 4.74 Å². The van der Waals surface area contributed by atoms with Gasteiger partial charge in [-0.3, -0.25) is 9.69 Å². The van der Waals surface area contributed by atoms with Crippen molar-refractivity contribution in [2.75, 3.05) is 18.4 Å². The third-order valence-corrected chi connectivity index (χ3v) is 6.67. The maximum Gasteiger partial charge on any atom is 0.256 e. The highest BCUT2D eigenvalue weighted by Crippen LogP contribution is 2.39. The number of rotatable bonds is 4. The number of amides is 1. The van der Waals surface area contributed by atoms with Gasteiger partial charge in [-0.1, -0.05) is 18.2 Å². The molecule has 4 rings (SSSR count). The molecule has 27 heavy (non-hydrogen) atoms. The lowest BCUT2D eigenvalue weighted by Gasteiger charge is -2.35. The molecule has 5 heteroatoms. The Morgan fingerprint density at radius 2 is 1.85 bits per heavy atom. The van der Waals surface area contributed by atoms with Crippen LogP contribution in [0.1, 0.15) is 53.1 Å². The van der Waals surface area contributed by atoms with Crippen LogP contribution in [-0.2, 0) is 24.1 Å². The second-order valence-electron chi connectivity index (χ2n) is 7.79. The van der Waals surface area contributed by atoms with Crippen molar-refractivity contribution in [2.24, 2.45) is 0 Å². The van der Waals surface area contributed by atoms with Crippen LogP contribution in [0, 0.1) is 0 Å². The summed E-state index contributed by atoms with van der Waals surface area (Å²) in [6.07, 6.45) is 5.29. The number of carbonyl (C=O) groups excluding carboxylic acids is 1. The molecule has 2 aromatic rings. The number of benzene rings is 1. The molecule has 1 amide bonds. The summed E-state index contributed by atoms with van der Waals surface area (Å²) in [4.78, 5) is 16.7. The molecule has 2 heterocycles. The predicted molar refractivity (Wildman–Crippen MR) is 111 cm³/mol. The van der Waals surface area contributed by atoms with Crippen LogP contribution in [0.15, 0.2) is 30.3 Å². The maximum absolute atomic E-state index is 12.7. The molecule has 0 unspecified atom stereocenters. The summed E-state index contributed by atoms with van der Waals surface area (Å²) in [5.41, 5.74) is 3.53. The van der Waals surface area contributed by atoms with Crippen LogP contribution in [0.4, 0.5) is 5.00 Å². The zero-order chi connectivity index (χ0) is 18.8. The van der Waals surface area contributed by atoms with Crippen LogP contribution in [0.2, 0.25) is 0 Å². The van der Waals surface area contributed by atoms with Gasteiger partial charge in [-0.05, 0) is 57.2 Å². The highest BCUT2D eigenvalue weighted by atomic mass is 32.1. The number of hydrogen-bond donors (Lipinski definition) is 1. The van der Waals surface area contributed by atoms with Crippen molar-refractivity contribution in [1.82, 2.24) is 4.90 Å². The number of nitrogens with zero attached hydrogens (tertiary/aromatic N) is 1. The van der Waals surface area contributed by atoms with E-state index in [0.29, 0.717) is 5.56 Å². The van der Waals surface area contributed by atoms with Crippen molar-refractivity contribution in [3.8, 4) is 0 Å². The fourth-order valence-electron chi connectivity index (χ4n) is 4.30. The first kappa shape index (κ1) is 18.7. The second kappa shape index (κ2) is 8.13. The number of aryl methyl sites for hydroxylation is 1. The van der Waals surface area contributed by atoms with Gasteiger partial charge in [0.15, 0.2) is 0 Å². The number of nitrogens with one attached hydrogen (secondary N) is 1. The SMILES string of the molecule is C[C@@H]1CN(Cc2c(NC(=O)c3ccccc3)sc3c2CCCC3)C[C@H](C)O1. The normalized spacial score (nSPS) is 23.0. The Morgan fingerprint density at radius 3 is 2.59 bits per heavy atom. The van der Waals surface area contributed by atoms with Crippen LogP contribution in [-0.4, -0.2) is 36.1 Å². The third-order valence-electron chi connectivity index (χ3n) is 5.42. The van der Waals surface area contributed by atoms with E-state index in [2.05, 4.69) is 24.1 Å². The molecule has 1 aromatic heterocycles. The Balaban J connectivity index is 1.59. The second-order valence-corrected chi connectivity index (χ2v) is 8.90. The molecule has 2 atom stereocenters. The smallest absolute Gasteiger partial charge is 0.256 e. The van der Waals surface area contributed by atoms with Crippen LogP contribution in [0.5, 0.6) is 0 Å². The lowest BCUT2D eigenvalue weighted by atomic mass is 9.95. The Bertz CT molecular complexity index is 792. The van der Waals surface area contributed by atoms with E-state index in [1.165, 1.54) is 28.8 Å². The lowest BCUT2D eigenvalue weighted by molar-refractivity contribution is -0.0704. The molecular weight excluding hydrogens is 356 g/mol. The van der Waals surface area contributed by atoms with Crippen molar-refractivity contribution in [1.29, 1.82) is 0 Å². The minimum Gasteiger partial charge on any atom is -0.373 e. The average Bonchev–Trinajstić information content (AvgIpc) is 2.99. The molecule has 0 bridgehead atoms. The molecule has 1 fully saturated rings. The first-order chi connectivity index (χ1) is 13.1. The molecule has 1 saturated heterocycles. The van der Waals surface area contributed by atoms with E-state index < -0.39 is 0 Å². The van der Waals surface area contributed by atoms with Crippen molar-refractivity contribution in [3.05, 3.63) is 51.9 Å². The fourth-order valence-corrected chi connectivity index (χ4v) is 5.60. The fraction of sp³-hybridized carbons (Fsp3) is 0.500. The first-order valence-electron chi connectivity index (χ1n) is 9.98. The summed E-state index contributed by atoms with van der Waals surface area (Å²) in [7, 11) is 0. The van der Waals surface area contributed by atoms with E-state index in [-0.39, 0.29) is 18.1 Å². The highest BCUT2D eigenvalue weighted by molar-refractivity contribution is 7.16. The number of morpholine rings is 1. The van der Waals surface area contributed by atoms with Crippen molar-refractivity contribution >= 4 is 22.2 Å². The molecule has 0 radical (unpaired) electrons. The van der Waals surface area contributed by atoms with Gasteiger partial charge < -0.3 is 10.1 Å². The quantitative estimate of drug-likeness (QED) is 0.844. The van der Waals surface area contributed by atoms with Gasteiger partial charge in [0.2, 0.25) is 0 Å². The van der Waals surface area contributed by atoms with E-state index in [9.17, 15) is 4.79 Å². The van der Waals surface area contributed by atoms with E-state index in [1.54, 1.807) is 11.3 Å². The van der Waals surface area contributed by atoms with Gasteiger partial charge in [-0.2, -0.15) is 0 Å². The van der Waals surface area contributed by atoms with Crippen molar-refractivity contribution in [2.45, 2.75) is 58.3 Å². The zero-order valence-corrected chi connectivity index (χ0v) is 17.0. The minimum atomic E-state index is -0.0147. The maximum atomic E-state index is 12.7. The van der Waals surface area contributed by atoms with Gasteiger partial charge in [-0.15, -0.1) is 11.3 Å². The van der Waals surface area contributed by atoms with E-state index in [0.717, 1.165) is 37.5 Å². The summed E-state index contributed by atoms with van der Waals surface area (Å²) >= 11 is 1.79. The Kier molecular flexibility index (Phi) is 5.62. The Morgan fingerprint density at radius 1 is 1.15 bits per heavy atom. The number of carbonyl (C=O) groups is 1. The Labute approximate surface area is 165 Å². The molecule has 1 aliphatic carbocycles. The van der Waals surface area contributed by atoms with Gasteiger partial charge >= 0.3 is 0 Å². The van der Waals surface area contributed by atoms with E-state index >= 15 is 0 Å². The molecule has 1 N–H and O–H groups in total. The highest BCUT2D eigenvalue weighted by Gasteiger charge is 2.27. The van der Waals surface area contributed by atoms with Gasteiger partial charge in [-0.25, -0.2) is 0 Å². The number of anilines is 1. The summed E-state index contributed by atoms with van der Waals surface area (Å²) in [5.74, 6) is -0.0147. The van der Waals surface area contributed by atoms with Crippen molar-refractivity contribution in [3.63, 3.8) is 0 Å². The van der Waals surface area contributed by atoms with Crippen LogP contribution in [0.25, 0.3) is 0 Å². The van der Waals surface area contributed by atoms with Gasteiger partial charge in [0, 0.05) is 35.6 Å². The van der Waals surface area contributed by atoms with Gasteiger partial charge in [0.25, 0.3) is 5.91 Å². The van der Waals surface area contributed by atoms with Crippen LogP contribution in [0.3, 0.4) is 0 Å². The lowest BCUT2D eigenvalue weighted by Crippen LogP contribution is -2.45. The first-order valence-corrected chi connectivity index (χ1v) is 10.8. The molecule has 4 nitrogen and oxygen atoms in total. The number of hydrogen-bond acceptors (Lipinski definition) is 4. The zero-order valence-electron chi connectivity index (χ0n) is 16.2. The molecule has 0 saturated carbocycles. The summed E-state index contributed by atoms with van der Waals surface area (Å²) in [6.45, 7) is 7.07. The van der Waals surface area contributed by atoms with Gasteiger partial charge in [0.05, 0.1) is 12.2 Å². The average molecular weight is 385 g/mol. The molecule has 2 aliphatic rings. The Hall–Kier alpha value is -1.69. The number of thiophene rings is 1. The summed E-state index contributed by atoms with van der Waals surface area (Å²) < 4.78 is 5.89. The third kappa shape index (κ3) is 4.26. The predicted octanol–water partition coefficient (Wildman–Crippen LogP) is 4.49. The molecule has 1 aromatic carbocycles. The monoisotopic (exact) mass is 384 g/mol. The molecular formula is C22H28N2O2S. The van der Waals surface area contributed by atoms with Gasteiger partial charge in [0.1, 0.15) is 5.00 Å². The topological polar surface area (TPSA) is 41.6 Å². The summed E-state index contributed by atoms with van der Waals surface area (Å²) in [6, 6.07) is 9.49. The van der Waals surface area contributed by atoms with Crippen molar-refractivity contribution < 1.29 is 9.53 Å². The molecule has 144 valence electrons. The number of ether oxygens (including phenoxy) is 1. The molecule has 1 aliphatic heterocycles. The number of fused-ring (bicyclic) bond motifs is 1. The van der Waals surface area contributed by atoms with Crippen LogP contribution < -0.4 is 5.32 Å². The summed E-state index contributed by atoms with van der Waals surface area (Å²) in [5, 5.41) is 4.26. The minimum absolute atomic E-state index is 0.0147. The van der Waals surface area contributed by atoms with E-state index in [1.807, 2.05) is 30.3 Å². The standard InChI is InChI=1S/C22H28N2O2S/c1-15-12-24(13-16(2)26-15)14-19-18-10-6-7-11-20(18)27-22(19)23-21(25)17-8-4-3-5-9-17/h3-5,8-9,15-16H,6-7,10-14H2,1-2H3,(H,23,25)/t15-,16+.